The molecule has 0 saturated carbocycles. The van der Waals surface area contributed by atoms with Crippen molar-refractivity contribution in [2.45, 2.75) is 6.92 Å². The molecule has 0 N–H and O–H groups in total. The molecule has 0 rings (SSSR count). The fourth-order valence-corrected chi connectivity index (χ4v) is 0.438. The number of aliphatic imine (C=N–C) groups is 2. The molecule has 3 nitrogen and oxygen atoms in total. The minimum absolute atomic E-state index is 0.0787. The Bertz CT molecular complexity index is 175. The lowest BCUT2D eigenvalue weighted by Gasteiger charge is -1.95. The van der Waals surface area contributed by atoms with Gasteiger partial charge in [-0.2, -0.15) is 4.99 Å². The highest BCUT2D eigenvalue weighted by molar-refractivity contribution is 6.65. The van der Waals surface area contributed by atoms with Crippen LogP contribution in [-0.4, -0.2) is 19.1 Å². The largest absolute Gasteiger partial charge is 0.481 e. The monoisotopic (exact) mass is 160 g/mol. The zero-order valence-electron chi connectivity index (χ0n) is 5.97. The molecule has 0 aromatic heterocycles. The first kappa shape index (κ1) is 9.17. The molecule has 0 radical (unpaired) electrons. The first-order valence-electron chi connectivity index (χ1n) is 2.65. The first-order chi connectivity index (χ1) is 4.74. The maximum absolute atomic E-state index is 5.42. The molecule has 0 spiro atoms. The molecule has 0 saturated heterocycles. The van der Waals surface area contributed by atoms with E-state index in [1.165, 1.54) is 7.11 Å². The van der Waals surface area contributed by atoms with Crippen molar-refractivity contribution >= 4 is 23.6 Å². The fraction of sp³-hybridized carbons (Fsp3) is 0.333. The number of ether oxygens (including phenoxy) is 1. The quantitative estimate of drug-likeness (QED) is 0.263. The highest BCUT2D eigenvalue weighted by Gasteiger charge is 1.90. The second-order valence-corrected chi connectivity index (χ2v) is 1.71. The van der Waals surface area contributed by atoms with E-state index in [0.29, 0.717) is 5.88 Å². The lowest BCUT2D eigenvalue weighted by Crippen LogP contribution is -1.85. The molecular formula is C6H9ClN2O. The van der Waals surface area contributed by atoms with Crippen LogP contribution in [0.2, 0.25) is 0 Å². The molecule has 4 heteroatoms. The van der Waals surface area contributed by atoms with E-state index in [2.05, 4.69) is 16.7 Å². The predicted molar refractivity (Wildman–Crippen MR) is 43.6 cm³/mol. The van der Waals surface area contributed by atoms with Crippen molar-refractivity contribution in [1.29, 1.82) is 0 Å². The average molecular weight is 161 g/mol. The molecule has 0 amide bonds. The van der Waals surface area contributed by atoms with Gasteiger partial charge in [0.25, 0.3) is 0 Å². The van der Waals surface area contributed by atoms with Gasteiger partial charge in [0.15, 0.2) is 0 Å². The van der Waals surface area contributed by atoms with Crippen LogP contribution in [0.25, 0.3) is 0 Å². The molecule has 0 aliphatic rings. The van der Waals surface area contributed by atoms with Crippen LogP contribution in [0.15, 0.2) is 21.9 Å². The van der Waals surface area contributed by atoms with E-state index < -0.39 is 0 Å². The summed E-state index contributed by atoms with van der Waals surface area (Å²) in [5.74, 6) is 0.428. The molecule has 0 unspecified atom stereocenters. The van der Waals surface area contributed by atoms with Gasteiger partial charge in [0.05, 0.1) is 7.11 Å². The zero-order valence-corrected chi connectivity index (χ0v) is 6.72. The van der Waals surface area contributed by atoms with Gasteiger partial charge in [-0.05, 0) is 31.3 Å². The third-order valence-corrected chi connectivity index (χ3v) is 0.993. The van der Waals surface area contributed by atoms with Gasteiger partial charge in [-0.15, -0.1) is 0 Å². The van der Waals surface area contributed by atoms with Gasteiger partial charge >= 0.3 is 0 Å². The number of amidine groups is 1. The van der Waals surface area contributed by atoms with Crippen molar-refractivity contribution in [3.63, 3.8) is 0 Å². The van der Waals surface area contributed by atoms with Gasteiger partial charge < -0.3 is 4.74 Å². The van der Waals surface area contributed by atoms with Crippen molar-refractivity contribution in [3.8, 4) is 0 Å². The van der Waals surface area contributed by atoms with Crippen molar-refractivity contribution in [2.75, 3.05) is 7.11 Å². The van der Waals surface area contributed by atoms with Gasteiger partial charge in [-0.1, -0.05) is 0 Å². The minimum Gasteiger partial charge on any atom is -0.481 e. The molecule has 0 heterocycles. The van der Waals surface area contributed by atoms with Crippen LogP contribution < -0.4 is 0 Å². The molecule has 0 aromatic rings. The lowest BCUT2D eigenvalue weighted by atomic mass is 10.6. The summed E-state index contributed by atoms with van der Waals surface area (Å²) in [6.07, 6.45) is 1.67. The number of methoxy groups -OCH3 is 1. The number of nitrogens with zero attached hydrogens (tertiary/aromatic N) is 2. The summed E-state index contributed by atoms with van der Waals surface area (Å²) in [4.78, 5) is 7.09. The Morgan fingerprint density at radius 3 is 2.60 bits per heavy atom. The zero-order chi connectivity index (χ0) is 7.98. The highest BCUT2D eigenvalue weighted by atomic mass is 35.5. The molecular weight excluding hydrogens is 152 g/mol. The maximum Gasteiger partial charge on any atom is 0.225 e. The van der Waals surface area contributed by atoms with E-state index in [4.69, 9.17) is 16.3 Å². The standard InChI is InChI=1S/C6H9ClN2O/c1-4-5(10-3)9-6(7)8-2/h4H,2H2,1,3H3/b5-4+,9-6?. The molecule has 0 fully saturated rings. The third-order valence-electron chi connectivity index (χ3n) is 0.789. The number of halogens is 1. The number of hydrogen-bond acceptors (Lipinski definition) is 2. The van der Waals surface area contributed by atoms with E-state index in [9.17, 15) is 0 Å². The molecule has 0 aromatic carbocycles. The summed E-state index contributed by atoms with van der Waals surface area (Å²) in [6, 6.07) is 0. The Labute approximate surface area is 65.1 Å². The highest BCUT2D eigenvalue weighted by Crippen LogP contribution is 1.99. The van der Waals surface area contributed by atoms with Crippen molar-refractivity contribution < 1.29 is 4.74 Å². The second kappa shape index (κ2) is 4.99. The maximum atomic E-state index is 5.42. The van der Waals surface area contributed by atoms with Crippen LogP contribution >= 0.6 is 11.6 Å². The lowest BCUT2D eigenvalue weighted by molar-refractivity contribution is 0.288. The predicted octanol–water partition coefficient (Wildman–Crippen LogP) is 1.79. The van der Waals surface area contributed by atoms with Crippen molar-refractivity contribution in [1.82, 2.24) is 0 Å². The molecule has 0 aliphatic carbocycles. The summed E-state index contributed by atoms with van der Waals surface area (Å²) in [5.41, 5.74) is 0. The van der Waals surface area contributed by atoms with Gasteiger partial charge in [-0.25, -0.2) is 4.99 Å². The number of allylic oxidation sites excluding steroid dienone is 1. The Morgan fingerprint density at radius 2 is 2.30 bits per heavy atom. The topological polar surface area (TPSA) is 34.0 Å². The Balaban J connectivity index is 4.22. The summed E-state index contributed by atoms with van der Waals surface area (Å²) < 4.78 is 4.77. The summed E-state index contributed by atoms with van der Waals surface area (Å²) in [7, 11) is 1.51. The number of rotatable bonds is 2. The minimum atomic E-state index is 0.0787. The Hall–Kier alpha value is -0.830. The fourth-order valence-electron chi connectivity index (χ4n) is 0.354. The molecule has 0 aliphatic heterocycles. The number of hydrogen-bond donors (Lipinski definition) is 0. The summed E-state index contributed by atoms with van der Waals surface area (Å²) in [6.45, 7) is 4.97. The van der Waals surface area contributed by atoms with Gasteiger partial charge in [-0.3, -0.25) is 0 Å². The van der Waals surface area contributed by atoms with Gasteiger partial charge in [0, 0.05) is 0 Å². The van der Waals surface area contributed by atoms with Crippen LogP contribution in [0.5, 0.6) is 0 Å². The van der Waals surface area contributed by atoms with Gasteiger partial charge in [0.1, 0.15) is 0 Å². The van der Waals surface area contributed by atoms with E-state index in [-0.39, 0.29) is 5.29 Å². The molecule has 0 bridgehead atoms. The van der Waals surface area contributed by atoms with Crippen LogP contribution in [0.4, 0.5) is 0 Å². The van der Waals surface area contributed by atoms with Crippen LogP contribution in [0.1, 0.15) is 6.92 Å². The SMILES string of the molecule is C=NC(Cl)=N/C(=C\C)OC. The molecule has 0 atom stereocenters. The van der Waals surface area contributed by atoms with Crippen LogP contribution in [-0.2, 0) is 4.74 Å². The normalized spacial score (nSPS) is 13.1. The smallest absolute Gasteiger partial charge is 0.225 e. The van der Waals surface area contributed by atoms with E-state index in [0.717, 1.165) is 0 Å². The molecule has 10 heavy (non-hydrogen) atoms. The first-order valence-corrected chi connectivity index (χ1v) is 3.03. The van der Waals surface area contributed by atoms with Crippen molar-refractivity contribution in [2.24, 2.45) is 9.98 Å². The third kappa shape index (κ3) is 3.25. The van der Waals surface area contributed by atoms with Crippen LogP contribution in [0, 0.1) is 0 Å². The molecule has 56 valence electrons. The van der Waals surface area contributed by atoms with E-state index in [1.807, 2.05) is 0 Å². The van der Waals surface area contributed by atoms with Crippen molar-refractivity contribution in [3.05, 3.63) is 12.0 Å². The van der Waals surface area contributed by atoms with Crippen LogP contribution in [0.3, 0.4) is 0 Å². The van der Waals surface area contributed by atoms with E-state index >= 15 is 0 Å². The second-order valence-electron chi connectivity index (χ2n) is 1.37. The van der Waals surface area contributed by atoms with Gasteiger partial charge in [0.2, 0.25) is 11.2 Å². The van der Waals surface area contributed by atoms with E-state index in [1.54, 1.807) is 13.0 Å². The Kier molecular flexibility index (Phi) is 4.58. The Morgan fingerprint density at radius 1 is 1.70 bits per heavy atom. The summed E-state index contributed by atoms with van der Waals surface area (Å²) in [5, 5.41) is 0.0787. The average Bonchev–Trinajstić information content (AvgIpc) is 1.99. The summed E-state index contributed by atoms with van der Waals surface area (Å²) >= 11 is 5.42.